The van der Waals surface area contributed by atoms with Gasteiger partial charge < -0.3 is 25.4 Å². The van der Waals surface area contributed by atoms with Gasteiger partial charge in [0.2, 0.25) is 11.8 Å². The summed E-state index contributed by atoms with van der Waals surface area (Å²) < 4.78 is 10.8. The number of aryl methyl sites for hydroxylation is 1. The summed E-state index contributed by atoms with van der Waals surface area (Å²) in [6.45, 7) is 12.2. The van der Waals surface area contributed by atoms with Gasteiger partial charge >= 0.3 is 0 Å². The Morgan fingerprint density at radius 1 is 0.808 bits per heavy atom. The quantitative estimate of drug-likeness (QED) is 0.148. The first-order valence-electron chi connectivity index (χ1n) is 18.4. The van der Waals surface area contributed by atoms with Gasteiger partial charge in [-0.25, -0.2) is 4.99 Å². The molecule has 0 unspecified atom stereocenters. The second-order valence-electron chi connectivity index (χ2n) is 14.8. The highest BCUT2D eigenvalue weighted by atomic mass is 16.6. The molecule has 0 spiro atoms. The van der Waals surface area contributed by atoms with Crippen LogP contribution in [0.25, 0.3) is 0 Å². The number of nitrogens with zero attached hydrogens (tertiary/aromatic N) is 2. The third-order valence-electron chi connectivity index (χ3n) is 9.12. The number of epoxide rings is 1. The van der Waals surface area contributed by atoms with Crippen LogP contribution in [0.5, 0.6) is 0 Å². The number of morpholine rings is 1. The summed E-state index contributed by atoms with van der Waals surface area (Å²) in [5, 5.41) is 8.61. The predicted octanol–water partition coefficient (Wildman–Crippen LogP) is 3.07. The minimum absolute atomic E-state index is 0.0355. The van der Waals surface area contributed by atoms with Crippen LogP contribution in [0.15, 0.2) is 65.7 Å². The van der Waals surface area contributed by atoms with Gasteiger partial charge in [-0.2, -0.15) is 0 Å². The smallest absolute Gasteiger partial charge is 0.268 e. The molecule has 4 atom stereocenters. The molecule has 0 radical (unpaired) electrons. The van der Waals surface area contributed by atoms with Crippen LogP contribution in [0.4, 0.5) is 0 Å². The molecule has 12 heteroatoms. The monoisotopic (exact) mass is 717 g/mol. The van der Waals surface area contributed by atoms with E-state index in [2.05, 4.69) is 20.9 Å². The van der Waals surface area contributed by atoms with Crippen molar-refractivity contribution >= 4 is 35.1 Å². The molecule has 2 heterocycles. The maximum atomic E-state index is 14.0. The molecule has 2 aromatic carbocycles. The Labute approximate surface area is 307 Å². The fourth-order valence-electron chi connectivity index (χ4n) is 6.10. The van der Waals surface area contributed by atoms with Gasteiger partial charge in [-0.15, -0.1) is 0 Å². The molecular formula is C40H55N5O7. The Morgan fingerprint density at radius 3 is 2.00 bits per heavy atom. The van der Waals surface area contributed by atoms with E-state index in [1.807, 2.05) is 93.3 Å². The third-order valence-corrected chi connectivity index (χ3v) is 9.12. The van der Waals surface area contributed by atoms with Crippen LogP contribution in [0.1, 0.15) is 65.0 Å². The zero-order valence-electron chi connectivity index (χ0n) is 31.2. The highest BCUT2D eigenvalue weighted by Gasteiger charge is 2.50. The highest BCUT2D eigenvalue weighted by molar-refractivity contribution is 6.40. The summed E-state index contributed by atoms with van der Waals surface area (Å²) >= 11 is 0. The number of hydrogen-bond donors (Lipinski definition) is 3. The number of Topliss-reactive ketones (excluding diaryl/α,β-unsaturated/α-hetero) is 1. The van der Waals surface area contributed by atoms with E-state index in [9.17, 15) is 24.0 Å². The molecule has 2 saturated heterocycles. The van der Waals surface area contributed by atoms with Crippen LogP contribution in [0, 0.1) is 11.8 Å². The van der Waals surface area contributed by atoms with Crippen LogP contribution in [0.3, 0.4) is 0 Å². The van der Waals surface area contributed by atoms with Gasteiger partial charge in [0.05, 0.1) is 32.4 Å². The van der Waals surface area contributed by atoms with Gasteiger partial charge in [0.1, 0.15) is 23.4 Å². The predicted molar refractivity (Wildman–Crippen MR) is 199 cm³/mol. The van der Waals surface area contributed by atoms with Crippen molar-refractivity contribution in [1.29, 1.82) is 0 Å². The molecule has 0 bridgehead atoms. The summed E-state index contributed by atoms with van der Waals surface area (Å²) in [6.07, 6.45) is 1.51. The fourth-order valence-corrected chi connectivity index (χ4v) is 6.10. The minimum atomic E-state index is -1.07. The number of ether oxygens (including phenoxy) is 2. The first-order chi connectivity index (χ1) is 24.8. The number of rotatable bonds is 19. The van der Waals surface area contributed by atoms with E-state index in [0.717, 1.165) is 11.1 Å². The highest BCUT2D eigenvalue weighted by Crippen LogP contribution is 2.29. The first-order valence-corrected chi connectivity index (χ1v) is 18.4. The Balaban J connectivity index is 1.56. The Bertz CT molecular complexity index is 1540. The largest absolute Gasteiger partial charge is 0.379 e. The summed E-state index contributed by atoms with van der Waals surface area (Å²) in [7, 11) is 0. The molecule has 0 aliphatic carbocycles. The van der Waals surface area contributed by atoms with Gasteiger partial charge in [0, 0.05) is 19.5 Å². The molecule has 0 aromatic heterocycles. The number of carbonyl (C=O) groups excluding carboxylic acids is 5. The summed E-state index contributed by atoms with van der Waals surface area (Å²) in [5.41, 5.74) is 0.830. The molecule has 4 amide bonds. The van der Waals surface area contributed by atoms with E-state index in [1.165, 1.54) is 0 Å². The third kappa shape index (κ3) is 13.1. The summed E-state index contributed by atoms with van der Waals surface area (Å²) in [5.74, 6) is -2.28. The fraction of sp³-hybridized carbons (Fsp3) is 0.550. The van der Waals surface area contributed by atoms with Crippen molar-refractivity contribution in [1.82, 2.24) is 20.9 Å². The zero-order valence-corrected chi connectivity index (χ0v) is 31.2. The normalized spacial score (nSPS) is 19.4. The number of hydrogen-bond acceptors (Lipinski definition) is 8. The standard InChI is InChI=1S/C40H55N5O7/c1-27(2)22-32(36(47)40(5)26-52-40)42-39(50)34(24-30-14-10-7-11-15-30)44-38(49)33(23-28(3)4)43-37(48)31(17-16-29-12-8-6-9-13-29)41-35(46)25-45-18-20-51-21-19-45/h6-15,27-28,31-32,34H,16-26H2,1-5H3,(H,41,46)(H,42,50)(H,44,49)/t31-,32+,34+,40+/m1/s1. The summed E-state index contributed by atoms with van der Waals surface area (Å²) in [4.78, 5) is 74.6. The average molecular weight is 718 g/mol. The average Bonchev–Trinajstić information content (AvgIpc) is 3.87. The Kier molecular flexibility index (Phi) is 15.2. The molecule has 2 fully saturated rings. The lowest BCUT2D eigenvalue weighted by atomic mass is 9.93. The molecule has 3 N–H and O–H groups in total. The van der Waals surface area contributed by atoms with Crippen molar-refractivity contribution in [3.8, 4) is 0 Å². The van der Waals surface area contributed by atoms with E-state index in [1.54, 1.807) is 6.92 Å². The number of carbonyl (C=O) groups is 5. The van der Waals surface area contributed by atoms with Gasteiger partial charge in [-0.1, -0.05) is 88.4 Å². The number of aliphatic imine (C=N–C) groups is 1. The van der Waals surface area contributed by atoms with Crippen LogP contribution in [0.2, 0.25) is 0 Å². The maximum absolute atomic E-state index is 14.0. The molecular weight excluding hydrogens is 662 g/mol. The SMILES string of the molecule is CC(C)CC(=NC(=O)[C@@H](CCc1ccccc1)NC(=O)CN1CCOCC1)C(=O)N[C@@H](Cc1ccccc1)C(=O)N[C@@H](CC(C)C)C(=O)[C@]1(C)CO1. The van der Waals surface area contributed by atoms with Crippen molar-refractivity contribution in [3.05, 3.63) is 71.8 Å². The zero-order chi connectivity index (χ0) is 37.7. The van der Waals surface area contributed by atoms with E-state index in [0.29, 0.717) is 45.8 Å². The minimum Gasteiger partial charge on any atom is -0.379 e. The van der Waals surface area contributed by atoms with Crippen LogP contribution >= 0.6 is 0 Å². The van der Waals surface area contributed by atoms with Gasteiger partial charge in [-0.3, -0.25) is 28.9 Å². The van der Waals surface area contributed by atoms with Crippen molar-refractivity contribution in [3.63, 3.8) is 0 Å². The van der Waals surface area contributed by atoms with E-state index >= 15 is 0 Å². The number of nitrogens with one attached hydrogen (secondary N) is 3. The van der Waals surface area contributed by atoms with Gasteiger partial charge in [-0.05, 0) is 55.6 Å². The Morgan fingerprint density at radius 2 is 1.42 bits per heavy atom. The van der Waals surface area contributed by atoms with E-state index in [-0.39, 0.29) is 55.0 Å². The second-order valence-corrected chi connectivity index (χ2v) is 14.8. The van der Waals surface area contributed by atoms with Crippen molar-refractivity contribution in [2.75, 3.05) is 39.5 Å². The van der Waals surface area contributed by atoms with Crippen molar-refractivity contribution in [2.24, 2.45) is 16.8 Å². The van der Waals surface area contributed by atoms with Crippen molar-refractivity contribution < 1.29 is 33.4 Å². The number of amides is 4. The first kappa shape index (κ1) is 40.5. The molecule has 282 valence electrons. The molecule has 0 saturated carbocycles. The molecule has 12 nitrogen and oxygen atoms in total. The Hall–Kier alpha value is -4.26. The lowest BCUT2D eigenvalue weighted by Crippen LogP contribution is -2.55. The van der Waals surface area contributed by atoms with Gasteiger partial charge in [0.15, 0.2) is 5.78 Å². The van der Waals surface area contributed by atoms with Crippen LogP contribution in [-0.2, 0) is 46.3 Å². The summed E-state index contributed by atoms with van der Waals surface area (Å²) in [6, 6.07) is 16.0. The van der Waals surface area contributed by atoms with Crippen LogP contribution in [-0.4, -0.2) is 103 Å². The molecule has 4 rings (SSSR count). The van der Waals surface area contributed by atoms with Gasteiger partial charge in [0.25, 0.3) is 11.8 Å². The lowest BCUT2D eigenvalue weighted by molar-refractivity contribution is -0.132. The van der Waals surface area contributed by atoms with E-state index in [4.69, 9.17) is 9.47 Å². The second kappa shape index (κ2) is 19.5. The molecule has 2 aliphatic heterocycles. The van der Waals surface area contributed by atoms with Crippen molar-refractivity contribution in [2.45, 2.75) is 90.4 Å². The molecule has 2 aliphatic rings. The lowest BCUT2D eigenvalue weighted by Gasteiger charge is -2.26. The molecule has 2 aromatic rings. The number of ketones is 1. The number of benzene rings is 2. The van der Waals surface area contributed by atoms with Crippen LogP contribution < -0.4 is 16.0 Å². The van der Waals surface area contributed by atoms with E-state index < -0.39 is 41.4 Å². The topological polar surface area (TPSA) is 159 Å². The molecule has 52 heavy (non-hydrogen) atoms. The maximum Gasteiger partial charge on any atom is 0.268 e.